The van der Waals surface area contributed by atoms with Gasteiger partial charge in [0.25, 0.3) is 0 Å². The first-order chi connectivity index (χ1) is 12.8. The van der Waals surface area contributed by atoms with Gasteiger partial charge in [-0.25, -0.2) is 0 Å². The van der Waals surface area contributed by atoms with Crippen LogP contribution in [0.15, 0.2) is 24.5 Å². The number of hydrogen-bond donors (Lipinski definition) is 1. The summed E-state index contributed by atoms with van der Waals surface area (Å²) in [5.41, 5.74) is 0. The molecule has 1 atom stereocenters. The highest BCUT2D eigenvalue weighted by molar-refractivity contribution is 7.17. The Hall–Kier alpha value is -1.89. The minimum Gasteiger partial charge on any atom is -0.353 e. The number of nitrogens with zero attached hydrogens (tertiary/aromatic N) is 4. The number of nitrogens with one attached hydrogen (secondary N) is 1. The van der Waals surface area contributed by atoms with Gasteiger partial charge in [0.2, 0.25) is 16.2 Å². The second-order valence-corrected chi connectivity index (χ2v) is 8.37. The summed E-state index contributed by atoms with van der Waals surface area (Å²) in [6.07, 6.45) is 13.3. The number of anilines is 1. The summed E-state index contributed by atoms with van der Waals surface area (Å²) in [6.45, 7) is 1.70. The summed E-state index contributed by atoms with van der Waals surface area (Å²) in [5.74, 6) is 0.294. The van der Waals surface area contributed by atoms with E-state index in [2.05, 4.69) is 20.4 Å². The van der Waals surface area contributed by atoms with Crippen molar-refractivity contribution < 1.29 is 4.79 Å². The van der Waals surface area contributed by atoms with E-state index in [0.29, 0.717) is 6.04 Å². The Morgan fingerprint density at radius 1 is 1.00 bits per heavy atom. The van der Waals surface area contributed by atoms with E-state index in [4.69, 9.17) is 0 Å². The van der Waals surface area contributed by atoms with Crippen LogP contribution in [-0.2, 0) is 4.79 Å². The molecule has 3 heterocycles. The zero-order valence-electron chi connectivity index (χ0n) is 15.1. The molecule has 1 saturated carbocycles. The Bertz CT molecular complexity index is 705. The lowest BCUT2D eigenvalue weighted by Crippen LogP contribution is -2.46. The highest BCUT2D eigenvalue weighted by atomic mass is 32.1. The average Bonchev–Trinajstić information content (AvgIpc) is 3.30. The zero-order valence-corrected chi connectivity index (χ0v) is 16.0. The Balaban J connectivity index is 1.37. The van der Waals surface area contributed by atoms with Gasteiger partial charge in [0, 0.05) is 31.5 Å². The van der Waals surface area contributed by atoms with Gasteiger partial charge in [0.05, 0.1) is 5.92 Å². The van der Waals surface area contributed by atoms with Crippen LogP contribution in [0, 0.1) is 5.92 Å². The molecule has 0 spiro atoms. The van der Waals surface area contributed by atoms with Crippen LogP contribution >= 0.6 is 11.3 Å². The molecule has 4 rings (SSSR count). The highest BCUT2D eigenvalue weighted by Crippen LogP contribution is 2.28. The second-order valence-electron chi connectivity index (χ2n) is 7.44. The SMILES string of the molecule is O=C(NC1CCCCCC1)[C@@H]1CCCN(c2nnc(-n3cccc3)s2)C1. The van der Waals surface area contributed by atoms with E-state index in [1.165, 1.54) is 25.7 Å². The Kier molecular flexibility index (Phi) is 5.53. The first-order valence-electron chi connectivity index (χ1n) is 9.82. The summed E-state index contributed by atoms with van der Waals surface area (Å²) in [4.78, 5) is 15.0. The average molecular weight is 374 g/mol. The summed E-state index contributed by atoms with van der Waals surface area (Å²) >= 11 is 1.58. The number of amides is 1. The molecule has 1 aliphatic carbocycles. The fourth-order valence-electron chi connectivity index (χ4n) is 4.01. The molecule has 0 bridgehead atoms. The van der Waals surface area contributed by atoms with Gasteiger partial charge >= 0.3 is 0 Å². The third-order valence-corrected chi connectivity index (χ3v) is 6.49. The fraction of sp³-hybridized carbons (Fsp3) is 0.632. The second kappa shape index (κ2) is 8.20. The van der Waals surface area contributed by atoms with Crippen LogP contribution in [0.2, 0.25) is 0 Å². The molecular formula is C19H27N5OS. The van der Waals surface area contributed by atoms with E-state index in [0.717, 1.165) is 49.0 Å². The number of aromatic nitrogens is 3. The first-order valence-corrected chi connectivity index (χ1v) is 10.6. The Morgan fingerprint density at radius 3 is 2.50 bits per heavy atom. The molecule has 1 saturated heterocycles. The molecule has 2 fully saturated rings. The summed E-state index contributed by atoms with van der Waals surface area (Å²) in [7, 11) is 0. The summed E-state index contributed by atoms with van der Waals surface area (Å²) in [6, 6.07) is 4.34. The lowest BCUT2D eigenvalue weighted by atomic mass is 9.96. The Labute approximate surface area is 158 Å². The van der Waals surface area contributed by atoms with Crippen molar-refractivity contribution in [1.29, 1.82) is 0 Å². The molecule has 0 aromatic carbocycles. The first kappa shape index (κ1) is 17.5. The normalized spacial score (nSPS) is 22.2. The van der Waals surface area contributed by atoms with Crippen molar-refractivity contribution in [2.24, 2.45) is 5.92 Å². The van der Waals surface area contributed by atoms with Crippen molar-refractivity contribution in [3.05, 3.63) is 24.5 Å². The molecule has 0 radical (unpaired) electrons. The van der Waals surface area contributed by atoms with E-state index in [1.54, 1.807) is 11.3 Å². The Morgan fingerprint density at radius 2 is 1.73 bits per heavy atom. The van der Waals surface area contributed by atoms with E-state index >= 15 is 0 Å². The molecule has 2 aromatic rings. The molecule has 1 amide bonds. The molecule has 2 aliphatic rings. The lowest BCUT2D eigenvalue weighted by Gasteiger charge is -2.32. The number of hydrogen-bond acceptors (Lipinski definition) is 5. The lowest BCUT2D eigenvalue weighted by molar-refractivity contribution is -0.126. The monoisotopic (exact) mass is 373 g/mol. The fourth-order valence-corrected chi connectivity index (χ4v) is 4.86. The molecule has 6 nitrogen and oxygen atoms in total. The van der Waals surface area contributed by atoms with Gasteiger partial charge in [-0.3, -0.25) is 9.36 Å². The maximum absolute atomic E-state index is 12.8. The van der Waals surface area contributed by atoms with Gasteiger partial charge in [-0.2, -0.15) is 0 Å². The number of carbonyl (C=O) groups excluding carboxylic acids is 1. The van der Waals surface area contributed by atoms with E-state index in [1.807, 2.05) is 29.1 Å². The molecule has 7 heteroatoms. The van der Waals surface area contributed by atoms with Crippen molar-refractivity contribution in [1.82, 2.24) is 20.1 Å². The van der Waals surface area contributed by atoms with Gasteiger partial charge in [0.1, 0.15) is 0 Å². The number of piperidine rings is 1. The quantitative estimate of drug-likeness (QED) is 0.835. The van der Waals surface area contributed by atoms with Gasteiger partial charge in [-0.05, 0) is 37.8 Å². The molecule has 1 aliphatic heterocycles. The third kappa shape index (κ3) is 4.09. The van der Waals surface area contributed by atoms with Crippen LogP contribution in [0.1, 0.15) is 51.4 Å². The van der Waals surface area contributed by atoms with Crippen LogP contribution in [-0.4, -0.2) is 39.8 Å². The standard InChI is InChI=1S/C19H27N5OS/c25-17(20-16-9-3-1-2-4-10-16)15-8-7-13-24(14-15)19-22-21-18(26-19)23-11-5-6-12-23/h5-6,11-12,15-16H,1-4,7-10,13-14H2,(H,20,25)/t15-/m1/s1. The maximum atomic E-state index is 12.8. The van der Waals surface area contributed by atoms with Crippen LogP contribution in [0.5, 0.6) is 0 Å². The number of carbonyl (C=O) groups is 1. The molecule has 2 aromatic heterocycles. The van der Waals surface area contributed by atoms with Gasteiger partial charge in [0.15, 0.2) is 0 Å². The van der Waals surface area contributed by atoms with Crippen LogP contribution in [0.3, 0.4) is 0 Å². The smallest absolute Gasteiger partial charge is 0.225 e. The highest BCUT2D eigenvalue weighted by Gasteiger charge is 2.29. The summed E-state index contributed by atoms with van der Waals surface area (Å²) in [5, 5.41) is 13.8. The van der Waals surface area contributed by atoms with Crippen molar-refractivity contribution in [2.75, 3.05) is 18.0 Å². The van der Waals surface area contributed by atoms with E-state index in [9.17, 15) is 4.79 Å². The van der Waals surface area contributed by atoms with Crippen molar-refractivity contribution in [3.63, 3.8) is 0 Å². The maximum Gasteiger partial charge on any atom is 0.225 e. The van der Waals surface area contributed by atoms with Crippen LogP contribution in [0.4, 0.5) is 5.13 Å². The van der Waals surface area contributed by atoms with Gasteiger partial charge in [-0.1, -0.05) is 37.0 Å². The topological polar surface area (TPSA) is 63.1 Å². The van der Waals surface area contributed by atoms with Crippen molar-refractivity contribution in [2.45, 2.75) is 57.4 Å². The molecule has 26 heavy (non-hydrogen) atoms. The van der Waals surface area contributed by atoms with E-state index in [-0.39, 0.29) is 11.8 Å². The minimum absolute atomic E-state index is 0.0610. The molecule has 1 N–H and O–H groups in total. The molecule has 0 unspecified atom stereocenters. The van der Waals surface area contributed by atoms with E-state index < -0.39 is 0 Å². The van der Waals surface area contributed by atoms with Gasteiger partial charge in [-0.15, -0.1) is 10.2 Å². The number of rotatable bonds is 4. The predicted octanol–water partition coefficient (Wildman–Crippen LogP) is 3.38. The third-order valence-electron chi connectivity index (χ3n) is 5.49. The summed E-state index contributed by atoms with van der Waals surface area (Å²) < 4.78 is 1.97. The zero-order chi connectivity index (χ0) is 17.8. The minimum atomic E-state index is 0.0610. The van der Waals surface area contributed by atoms with Crippen LogP contribution in [0.25, 0.3) is 5.13 Å². The molecule has 140 valence electrons. The van der Waals surface area contributed by atoms with Gasteiger partial charge < -0.3 is 10.2 Å². The van der Waals surface area contributed by atoms with Crippen molar-refractivity contribution in [3.8, 4) is 5.13 Å². The predicted molar refractivity (Wildman–Crippen MR) is 104 cm³/mol. The van der Waals surface area contributed by atoms with Crippen LogP contribution < -0.4 is 10.2 Å². The largest absolute Gasteiger partial charge is 0.353 e. The van der Waals surface area contributed by atoms with Crippen molar-refractivity contribution >= 4 is 22.4 Å². The molecular weight excluding hydrogens is 346 g/mol.